The van der Waals surface area contributed by atoms with Crippen molar-refractivity contribution in [2.24, 2.45) is 0 Å². The largest absolute Gasteiger partial charge is 0.350 e. The van der Waals surface area contributed by atoms with E-state index in [0.29, 0.717) is 6.54 Å². The minimum Gasteiger partial charge on any atom is -0.350 e. The minimum atomic E-state index is -0.716. The SMILES string of the molecule is O=C(Cc1ccc(F)cc1F)NCc1cnc[nH]1. The van der Waals surface area contributed by atoms with E-state index >= 15 is 0 Å². The van der Waals surface area contributed by atoms with Crippen molar-refractivity contribution in [2.45, 2.75) is 13.0 Å². The number of nitrogens with one attached hydrogen (secondary N) is 2. The molecule has 1 amide bonds. The molecule has 2 rings (SSSR count). The van der Waals surface area contributed by atoms with Crippen LogP contribution in [-0.4, -0.2) is 15.9 Å². The van der Waals surface area contributed by atoms with Gasteiger partial charge in [0.2, 0.25) is 5.91 Å². The normalized spacial score (nSPS) is 10.3. The Kier molecular flexibility index (Phi) is 3.66. The number of H-pyrrole nitrogens is 1. The first-order valence-corrected chi connectivity index (χ1v) is 5.33. The molecular formula is C12H11F2N3O. The predicted molar refractivity (Wildman–Crippen MR) is 60.5 cm³/mol. The maximum absolute atomic E-state index is 13.3. The molecular weight excluding hydrogens is 240 g/mol. The van der Waals surface area contributed by atoms with E-state index in [9.17, 15) is 13.6 Å². The van der Waals surface area contributed by atoms with Crippen molar-refractivity contribution in [1.29, 1.82) is 0 Å². The molecule has 1 aromatic carbocycles. The van der Waals surface area contributed by atoms with Gasteiger partial charge in [0.05, 0.1) is 25.0 Å². The summed E-state index contributed by atoms with van der Waals surface area (Å²) in [7, 11) is 0. The van der Waals surface area contributed by atoms with Crippen molar-refractivity contribution in [3.8, 4) is 0 Å². The van der Waals surface area contributed by atoms with E-state index in [1.165, 1.54) is 12.4 Å². The highest BCUT2D eigenvalue weighted by Crippen LogP contribution is 2.10. The Labute approximate surface area is 102 Å². The molecule has 0 aliphatic heterocycles. The Morgan fingerprint density at radius 1 is 1.39 bits per heavy atom. The van der Waals surface area contributed by atoms with E-state index in [2.05, 4.69) is 15.3 Å². The van der Waals surface area contributed by atoms with Gasteiger partial charge in [-0.25, -0.2) is 13.8 Å². The highest BCUT2D eigenvalue weighted by Gasteiger charge is 2.09. The van der Waals surface area contributed by atoms with Crippen LogP contribution in [0.1, 0.15) is 11.3 Å². The molecule has 0 fully saturated rings. The lowest BCUT2D eigenvalue weighted by molar-refractivity contribution is -0.120. The van der Waals surface area contributed by atoms with Gasteiger partial charge in [0.25, 0.3) is 0 Å². The summed E-state index contributed by atoms with van der Waals surface area (Å²) in [6.07, 6.45) is 2.96. The topological polar surface area (TPSA) is 57.8 Å². The Morgan fingerprint density at radius 3 is 2.89 bits per heavy atom. The lowest BCUT2D eigenvalue weighted by Gasteiger charge is -2.05. The molecule has 0 atom stereocenters. The second-order valence-electron chi connectivity index (χ2n) is 3.77. The van der Waals surface area contributed by atoms with Crippen molar-refractivity contribution >= 4 is 5.91 Å². The summed E-state index contributed by atoms with van der Waals surface area (Å²) in [5, 5.41) is 2.60. The molecule has 6 heteroatoms. The fraction of sp³-hybridized carbons (Fsp3) is 0.167. The zero-order valence-electron chi connectivity index (χ0n) is 9.41. The Hall–Kier alpha value is -2.24. The fourth-order valence-corrected chi connectivity index (χ4v) is 1.48. The van der Waals surface area contributed by atoms with Crippen LogP contribution in [0.3, 0.4) is 0 Å². The Balaban J connectivity index is 1.91. The third-order valence-corrected chi connectivity index (χ3v) is 2.40. The number of aromatic amines is 1. The summed E-state index contributed by atoms with van der Waals surface area (Å²) in [5.74, 6) is -1.71. The molecule has 0 aliphatic rings. The van der Waals surface area contributed by atoms with Crippen LogP contribution in [-0.2, 0) is 17.8 Å². The summed E-state index contributed by atoms with van der Waals surface area (Å²) in [4.78, 5) is 18.2. The Bertz CT molecular complexity index is 540. The number of nitrogens with zero attached hydrogens (tertiary/aromatic N) is 1. The highest BCUT2D eigenvalue weighted by atomic mass is 19.1. The monoisotopic (exact) mass is 251 g/mol. The number of rotatable bonds is 4. The van der Waals surface area contributed by atoms with Crippen LogP contribution < -0.4 is 5.32 Å². The van der Waals surface area contributed by atoms with Crippen LogP contribution in [0.15, 0.2) is 30.7 Å². The number of amides is 1. The van der Waals surface area contributed by atoms with E-state index in [-0.39, 0.29) is 17.9 Å². The third kappa shape index (κ3) is 3.13. The number of hydrogen-bond donors (Lipinski definition) is 2. The van der Waals surface area contributed by atoms with Gasteiger partial charge in [-0.15, -0.1) is 0 Å². The molecule has 2 N–H and O–H groups in total. The van der Waals surface area contributed by atoms with E-state index in [1.54, 1.807) is 6.20 Å². The van der Waals surface area contributed by atoms with E-state index in [4.69, 9.17) is 0 Å². The smallest absolute Gasteiger partial charge is 0.224 e. The molecule has 94 valence electrons. The first-order chi connectivity index (χ1) is 8.65. The quantitative estimate of drug-likeness (QED) is 0.866. The van der Waals surface area contributed by atoms with Crippen LogP contribution in [0.5, 0.6) is 0 Å². The van der Waals surface area contributed by atoms with Crippen LogP contribution in [0.2, 0.25) is 0 Å². The van der Waals surface area contributed by atoms with Gasteiger partial charge in [-0.1, -0.05) is 6.07 Å². The predicted octanol–water partition coefficient (Wildman–Crippen LogP) is 1.55. The van der Waals surface area contributed by atoms with Crippen molar-refractivity contribution in [3.63, 3.8) is 0 Å². The average molecular weight is 251 g/mol. The van der Waals surface area contributed by atoms with Gasteiger partial charge in [-0.2, -0.15) is 0 Å². The molecule has 18 heavy (non-hydrogen) atoms. The number of carbonyl (C=O) groups excluding carboxylic acids is 1. The summed E-state index contributed by atoms with van der Waals surface area (Å²) in [6.45, 7) is 0.293. The molecule has 0 saturated heterocycles. The lowest BCUT2D eigenvalue weighted by atomic mass is 10.1. The van der Waals surface area contributed by atoms with Crippen molar-refractivity contribution in [3.05, 3.63) is 53.6 Å². The molecule has 0 radical (unpaired) electrons. The fourth-order valence-electron chi connectivity index (χ4n) is 1.48. The third-order valence-electron chi connectivity index (χ3n) is 2.40. The summed E-state index contributed by atoms with van der Waals surface area (Å²) in [5.41, 5.74) is 0.918. The molecule has 0 aliphatic carbocycles. The maximum Gasteiger partial charge on any atom is 0.224 e. The number of hydrogen-bond acceptors (Lipinski definition) is 2. The number of imidazole rings is 1. The number of halogens is 2. The zero-order chi connectivity index (χ0) is 13.0. The molecule has 0 unspecified atom stereocenters. The molecule has 2 aromatic rings. The van der Waals surface area contributed by atoms with E-state index in [0.717, 1.165) is 17.8 Å². The second-order valence-corrected chi connectivity index (χ2v) is 3.77. The van der Waals surface area contributed by atoms with Gasteiger partial charge < -0.3 is 10.3 Å². The first kappa shape index (κ1) is 12.2. The molecule has 0 saturated carbocycles. The number of aromatic nitrogens is 2. The first-order valence-electron chi connectivity index (χ1n) is 5.33. The van der Waals surface area contributed by atoms with Crippen LogP contribution in [0.4, 0.5) is 8.78 Å². The summed E-state index contributed by atoms with van der Waals surface area (Å²) < 4.78 is 26.0. The summed E-state index contributed by atoms with van der Waals surface area (Å²) >= 11 is 0. The highest BCUT2D eigenvalue weighted by molar-refractivity contribution is 5.78. The molecule has 1 heterocycles. The van der Waals surface area contributed by atoms with Crippen LogP contribution >= 0.6 is 0 Å². The van der Waals surface area contributed by atoms with Crippen molar-refractivity contribution in [2.75, 3.05) is 0 Å². The lowest BCUT2D eigenvalue weighted by Crippen LogP contribution is -2.25. The maximum atomic E-state index is 13.3. The van der Waals surface area contributed by atoms with Gasteiger partial charge in [0, 0.05) is 12.3 Å². The van der Waals surface area contributed by atoms with Gasteiger partial charge >= 0.3 is 0 Å². The Morgan fingerprint density at radius 2 is 2.22 bits per heavy atom. The van der Waals surface area contributed by atoms with Crippen molar-refractivity contribution in [1.82, 2.24) is 15.3 Å². The van der Waals surface area contributed by atoms with Crippen LogP contribution in [0, 0.1) is 11.6 Å². The number of benzene rings is 1. The van der Waals surface area contributed by atoms with Gasteiger partial charge in [-0.3, -0.25) is 4.79 Å². The minimum absolute atomic E-state index is 0.125. The molecule has 4 nitrogen and oxygen atoms in total. The summed E-state index contributed by atoms with van der Waals surface area (Å²) in [6, 6.07) is 3.15. The van der Waals surface area contributed by atoms with Gasteiger partial charge in [0.15, 0.2) is 0 Å². The van der Waals surface area contributed by atoms with Crippen LogP contribution in [0.25, 0.3) is 0 Å². The zero-order valence-corrected chi connectivity index (χ0v) is 9.41. The average Bonchev–Trinajstić information content (AvgIpc) is 2.83. The van der Waals surface area contributed by atoms with E-state index < -0.39 is 11.6 Å². The van der Waals surface area contributed by atoms with Gasteiger partial charge in [0.1, 0.15) is 11.6 Å². The van der Waals surface area contributed by atoms with Crippen molar-refractivity contribution < 1.29 is 13.6 Å². The molecule has 1 aromatic heterocycles. The van der Waals surface area contributed by atoms with E-state index in [1.807, 2.05) is 0 Å². The number of carbonyl (C=O) groups is 1. The second kappa shape index (κ2) is 5.39. The molecule has 0 spiro atoms. The van der Waals surface area contributed by atoms with Gasteiger partial charge in [-0.05, 0) is 11.6 Å². The standard InChI is InChI=1S/C12H11F2N3O/c13-9-2-1-8(11(14)4-9)3-12(18)16-6-10-5-15-7-17-10/h1-2,4-5,7H,3,6H2,(H,15,17)(H,16,18). The molecule has 0 bridgehead atoms.